The second-order valence-corrected chi connectivity index (χ2v) is 7.41. The first-order valence-corrected chi connectivity index (χ1v) is 10.0. The smallest absolute Gasteiger partial charge is 0.328 e. The van der Waals surface area contributed by atoms with Gasteiger partial charge in [-0.25, -0.2) is 0 Å². The second kappa shape index (κ2) is 7.53. The van der Waals surface area contributed by atoms with Crippen molar-refractivity contribution in [1.82, 2.24) is 0 Å². The molecular formula is C27H21NO2. The Hall–Kier alpha value is -3.85. The van der Waals surface area contributed by atoms with E-state index in [0.29, 0.717) is 12.3 Å². The lowest BCUT2D eigenvalue weighted by atomic mass is 9.75. The highest BCUT2D eigenvalue weighted by Crippen LogP contribution is 2.46. The second-order valence-electron chi connectivity index (χ2n) is 7.41. The molecule has 30 heavy (non-hydrogen) atoms. The van der Waals surface area contributed by atoms with Crippen LogP contribution in [0.1, 0.15) is 11.1 Å². The molecule has 5 rings (SSSR count). The van der Waals surface area contributed by atoms with Crippen LogP contribution in [0.25, 0.3) is 0 Å². The molecule has 0 fully saturated rings. The van der Waals surface area contributed by atoms with Crippen LogP contribution in [0.2, 0.25) is 0 Å². The molecule has 0 saturated heterocycles. The van der Waals surface area contributed by atoms with E-state index in [1.165, 1.54) is 0 Å². The molecule has 1 aliphatic heterocycles. The van der Waals surface area contributed by atoms with Crippen LogP contribution < -0.4 is 9.64 Å². The lowest BCUT2D eigenvalue weighted by molar-refractivity contribution is -0.136. The molecule has 0 amide bonds. The Labute approximate surface area is 176 Å². The van der Waals surface area contributed by atoms with E-state index in [0.717, 1.165) is 22.5 Å². The lowest BCUT2D eigenvalue weighted by Gasteiger charge is -2.35. The number of anilines is 2. The normalized spacial score (nSPS) is 17.3. The Morgan fingerprint density at radius 2 is 1.13 bits per heavy atom. The molecule has 0 aliphatic carbocycles. The first-order chi connectivity index (χ1) is 14.8. The molecule has 1 heterocycles. The largest absolute Gasteiger partial charge is 0.425 e. The summed E-state index contributed by atoms with van der Waals surface area (Å²) in [5.41, 5.74) is 2.95. The van der Waals surface area contributed by atoms with Gasteiger partial charge in [-0.15, -0.1) is 0 Å². The minimum Gasteiger partial charge on any atom is -0.425 e. The number of nitrogens with zero attached hydrogens (tertiary/aromatic N) is 1. The SMILES string of the molecule is O=C1Oc2ccccc2C1(CN(c1ccccc1)c1ccccc1)c1ccccc1. The maximum Gasteiger partial charge on any atom is 0.328 e. The number of hydrogen-bond donors (Lipinski definition) is 0. The topological polar surface area (TPSA) is 29.5 Å². The average molecular weight is 391 g/mol. The van der Waals surface area contributed by atoms with E-state index in [-0.39, 0.29) is 5.97 Å². The zero-order valence-electron chi connectivity index (χ0n) is 16.4. The van der Waals surface area contributed by atoms with Crippen molar-refractivity contribution in [3.63, 3.8) is 0 Å². The third-order valence-corrected chi connectivity index (χ3v) is 5.70. The third kappa shape index (κ3) is 2.96. The van der Waals surface area contributed by atoms with Gasteiger partial charge in [-0.2, -0.15) is 0 Å². The predicted octanol–water partition coefficient (Wildman–Crippen LogP) is 5.73. The van der Waals surface area contributed by atoms with Crippen LogP contribution in [0.3, 0.4) is 0 Å². The van der Waals surface area contributed by atoms with E-state index in [1.54, 1.807) is 0 Å². The Bertz CT molecular complexity index is 1120. The molecule has 146 valence electrons. The molecule has 1 aliphatic rings. The number of carbonyl (C=O) groups is 1. The van der Waals surface area contributed by atoms with Gasteiger partial charge in [-0.05, 0) is 35.9 Å². The molecule has 3 heteroatoms. The molecule has 1 atom stereocenters. The van der Waals surface area contributed by atoms with E-state index in [2.05, 4.69) is 29.2 Å². The molecular weight excluding hydrogens is 370 g/mol. The summed E-state index contributed by atoms with van der Waals surface area (Å²) in [6.07, 6.45) is 0. The highest BCUT2D eigenvalue weighted by Gasteiger charge is 2.51. The molecule has 4 aromatic rings. The summed E-state index contributed by atoms with van der Waals surface area (Å²) in [5, 5.41) is 0. The molecule has 0 spiro atoms. The summed E-state index contributed by atoms with van der Waals surface area (Å²) >= 11 is 0. The van der Waals surface area contributed by atoms with E-state index in [1.807, 2.05) is 91.0 Å². The first kappa shape index (κ1) is 18.2. The zero-order chi connectivity index (χ0) is 20.4. The first-order valence-electron chi connectivity index (χ1n) is 10.0. The lowest BCUT2D eigenvalue weighted by Crippen LogP contribution is -2.45. The summed E-state index contributed by atoms with van der Waals surface area (Å²) in [7, 11) is 0. The molecule has 4 aromatic carbocycles. The molecule has 0 radical (unpaired) electrons. The maximum atomic E-state index is 13.5. The highest BCUT2D eigenvalue weighted by atomic mass is 16.5. The third-order valence-electron chi connectivity index (χ3n) is 5.70. The van der Waals surface area contributed by atoms with Crippen molar-refractivity contribution in [2.24, 2.45) is 0 Å². The summed E-state index contributed by atoms with van der Waals surface area (Å²) in [5.74, 6) is 0.388. The van der Waals surface area contributed by atoms with Crippen molar-refractivity contribution in [1.29, 1.82) is 0 Å². The minimum absolute atomic E-state index is 0.244. The Balaban J connectivity index is 1.72. The summed E-state index contributed by atoms with van der Waals surface area (Å²) in [4.78, 5) is 15.7. The predicted molar refractivity (Wildman–Crippen MR) is 119 cm³/mol. The van der Waals surface area contributed by atoms with E-state index in [9.17, 15) is 4.79 Å². The van der Waals surface area contributed by atoms with E-state index in [4.69, 9.17) is 4.74 Å². The molecule has 0 N–H and O–H groups in total. The fourth-order valence-corrected chi connectivity index (χ4v) is 4.23. The van der Waals surface area contributed by atoms with Gasteiger partial charge < -0.3 is 9.64 Å². The fourth-order valence-electron chi connectivity index (χ4n) is 4.23. The van der Waals surface area contributed by atoms with Gasteiger partial charge >= 0.3 is 5.97 Å². The number of para-hydroxylation sites is 3. The number of hydrogen-bond acceptors (Lipinski definition) is 3. The van der Waals surface area contributed by atoms with Crippen molar-refractivity contribution in [3.8, 4) is 5.75 Å². The number of benzene rings is 4. The van der Waals surface area contributed by atoms with Gasteiger partial charge in [0.15, 0.2) is 0 Å². The molecule has 0 aromatic heterocycles. The van der Waals surface area contributed by atoms with Gasteiger partial charge in [0.05, 0.1) is 0 Å². The van der Waals surface area contributed by atoms with Crippen LogP contribution in [0.4, 0.5) is 11.4 Å². The Morgan fingerprint density at radius 3 is 1.73 bits per heavy atom. The van der Waals surface area contributed by atoms with Crippen molar-refractivity contribution in [3.05, 3.63) is 126 Å². The van der Waals surface area contributed by atoms with Crippen LogP contribution in [0.15, 0.2) is 115 Å². The van der Waals surface area contributed by atoms with Gasteiger partial charge in [0.2, 0.25) is 0 Å². The van der Waals surface area contributed by atoms with Gasteiger partial charge in [0, 0.05) is 23.5 Å². The maximum absolute atomic E-state index is 13.5. The summed E-state index contributed by atoms with van der Waals surface area (Å²) < 4.78 is 5.78. The zero-order valence-corrected chi connectivity index (χ0v) is 16.4. The van der Waals surface area contributed by atoms with Crippen LogP contribution >= 0.6 is 0 Å². The minimum atomic E-state index is -0.927. The Morgan fingerprint density at radius 1 is 0.633 bits per heavy atom. The number of ether oxygens (including phenoxy) is 1. The van der Waals surface area contributed by atoms with Gasteiger partial charge in [0.25, 0.3) is 0 Å². The number of fused-ring (bicyclic) bond motifs is 1. The molecule has 1 unspecified atom stereocenters. The summed E-state index contributed by atoms with van der Waals surface area (Å²) in [6, 6.07) is 38.0. The highest BCUT2D eigenvalue weighted by molar-refractivity contribution is 5.95. The van der Waals surface area contributed by atoms with Crippen LogP contribution in [0.5, 0.6) is 5.75 Å². The van der Waals surface area contributed by atoms with Crippen molar-refractivity contribution < 1.29 is 9.53 Å². The van der Waals surface area contributed by atoms with E-state index < -0.39 is 5.41 Å². The summed E-state index contributed by atoms with van der Waals surface area (Å²) in [6.45, 7) is 0.431. The standard InChI is InChI=1S/C27H21NO2/c29-26-27(21-12-4-1-5-13-21,24-18-10-11-19-25(24)30-26)20-28(22-14-6-2-7-15-22)23-16-8-3-9-17-23/h1-19H,20H2. The van der Waals surface area contributed by atoms with Crippen molar-refractivity contribution >= 4 is 17.3 Å². The van der Waals surface area contributed by atoms with Crippen molar-refractivity contribution in [2.75, 3.05) is 11.4 Å². The van der Waals surface area contributed by atoms with Crippen LogP contribution in [-0.4, -0.2) is 12.5 Å². The average Bonchev–Trinajstić information content (AvgIpc) is 3.11. The van der Waals surface area contributed by atoms with Crippen molar-refractivity contribution in [2.45, 2.75) is 5.41 Å². The monoisotopic (exact) mass is 391 g/mol. The van der Waals surface area contributed by atoms with Gasteiger partial charge in [0.1, 0.15) is 11.2 Å². The van der Waals surface area contributed by atoms with Crippen LogP contribution in [-0.2, 0) is 10.2 Å². The number of esters is 1. The molecule has 0 saturated carbocycles. The Kier molecular flexibility index (Phi) is 4.56. The fraction of sp³-hybridized carbons (Fsp3) is 0.0741. The van der Waals surface area contributed by atoms with Crippen LogP contribution in [0, 0.1) is 0 Å². The molecule has 3 nitrogen and oxygen atoms in total. The van der Waals surface area contributed by atoms with Gasteiger partial charge in [-0.3, -0.25) is 4.79 Å². The van der Waals surface area contributed by atoms with E-state index >= 15 is 0 Å². The molecule has 0 bridgehead atoms. The number of rotatable bonds is 5. The van der Waals surface area contributed by atoms with Gasteiger partial charge in [-0.1, -0.05) is 84.9 Å². The number of carbonyl (C=O) groups excluding carboxylic acids is 1. The quantitative estimate of drug-likeness (QED) is 0.321.